The first-order valence-corrected chi connectivity index (χ1v) is 8.08. The molecule has 0 unspecified atom stereocenters. The van der Waals surface area contributed by atoms with Gasteiger partial charge in [0.25, 0.3) is 5.91 Å². The number of carbonyl (C=O) groups is 3. The highest BCUT2D eigenvalue weighted by Gasteiger charge is 2.10. The van der Waals surface area contributed by atoms with Crippen LogP contribution in [0.3, 0.4) is 0 Å². The van der Waals surface area contributed by atoms with Crippen molar-refractivity contribution in [2.45, 2.75) is 6.61 Å². The molecule has 2 aromatic rings. The van der Waals surface area contributed by atoms with Gasteiger partial charge in [-0.1, -0.05) is 54.3 Å². The van der Waals surface area contributed by atoms with Gasteiger partial charge < -0.3 is 20.5 Å². The molecule has 7 nitrogen and oxygen atoms in total. The Balaban J connectivity index is 1.85. The van der Waals surface area contributed by atoms with Crippen molar-refractivity contribution in [2.75, 3.05) is 13.1 Å². The fourth-order valence-corrected chi connectivity index (χ4v) is 2.07. The third-order valence-corrected chi connectivity index (χ3v) is 3.33. The Morgan fingerprint density at radius 3 is 2.41 bits per heavy atom. The van der Waals surface area contributed by atoms with Gasteiger partial charge in [-0.25, -0.2) is 4.79 Å². The van der Waals surface area contributed by atoms with Crippen LogP contribution in [0.15, 0.2) is 54.6 Å². The fourth-order valence-electron chi connectivity index (χ4n) is 2.07. The second kappa shape index (κ2) is 10.3. The topological polar surface area (TPSA) is 105 Å². The van der Waals surface area contributed by atoms with Gasteiger partial charge in [0.2, 0.25) is 0 Å². The van der Waals surface area contributed by atoms with E-state index in [2.05, 4.69) is 22.5 Å². The van der Waals surface area contributed by atoms with Gasteiger partial charge in [0.15, 0.2) is 0 Å². The molecular formula is C20H18N2O5. The number of carboxylic acid groups (broad SMARTS) is 1. The third-order valence-electron chi connectivity index (χ3n) is 3.33. The molecule has 0 aliphatic rings. The van der Waals surface area contributed by atoms with Gasteiger partial charge in [-0.05, 0) is 17.7 Å². The van der Waals surface area contributed by atoms with E-state index in [-0.39, 0.29) is 18.7 Å². The second-order valence-corrected chi connectivity index (χ2v) is 5.34. The minimum absolute atomic E-state index is 0.0404. The van der Waals surface area contributed by atoms with Crippen molar-refractivity contribution < 1.29 is 24.2 Å². The van der Waals surface area contributed by atoms with Gasteiger partial charge in [-0.15, -0.1) is 0 Å². The van der Waals surface area contributed by atoms with E-state index in [1.165, 1.54) is 0 Å². The second-order valence-electron chi connectivity index (χ2n) is 5.34. The molecule has 7 heteroatoms. The number of rotatable bonds is 6. The Bertz CT molecular complexity index is 869. The van der Waals surface area contributed by atoms with Crippen molar-refractivity contribution in [3.8, 4) is 11.8 Å². The highest BCUT2D eigenvalue weighted by atomic mass is 16.5. The summed E-state index contributed by atoms with van der Waals surface area (Å²) >= 11 is 0. The number of alkyl carbamates (subject to hydrolysis) is 1. The van der Waals surface area contributed by atoms with Crippen molar-refractivity contribution in [3.05, 3.63) is 71.3 Å². The van der Waals surface area contributed by atoms with E-state index in [4.69, 9.17) is 9.84 Å². The molecule has 0 saturated heterocycles. The predicted molar refractivity (Wildman–Crippen MR) is 97.9 cm³/mol. The van der Waals surface area contributed by atoms with Gasteiger partial charge >= 0.3 is 12.1 Å². The summed E-state index contributed by atoms with van der Waals surface area (Å²) in [6.45, 7) is -0.277. The van der Waals surface area contributed by atoms with Crippen molar-refractivity contribution in [2.24, 2.45) is 0 Å². The summed E-state index contributed by atoms with van der Waals surface area (Å²) in [7, 11) is 0. The Kier molecular flexibility index (Phi) is 7.42. The molecule has 0 bridgehead atoms. The molecule has 0 aliphatic heterocycles. The number of carboxylic acids is 1. The first kappa shape index (κ1) is 19.5. The van der Waals surface area contributed by atoms with Crippen LogP contribution in [0.25, 0.3) is 0 Å². The van der Waals surface area contributed by atoms with E-state index in [0.29, 0.717) is 5.56 Å². The molecule has 0 saturated carbocycles. The van der Waals surface area contributed by atoms with Gasteiger partial charge in [0.1, 0.15) is 13.2 Å². The Labute approximate surface area is 156 Å². The maximum Gasteiger partial charge on any atom is 0.408 e. The van der Waals surface area contributed by atoms with Crippen molar-refractivity contribution in [1.82, 2.24) is 10.6 Å². The molecule has 0 heterocycles. The minimum Gasteiger partial charge on any atom is -0.480 e. The zero-order chi connectivity index (χ0) is 19.5. The summed E-state index contributed by atoms with van der Waals surface area (Å²) in [5.74, 6) is 3.85. The molecule has 138 valence electrons. The predicted octanol–water partition coefficient (Wildman–Crippen LogP) is 1.78. The van der Waals surface area contributed by atoms with Crippen molar-refractivity contribution >= 4 is 18.0 Å². The number of carbonyl (C=O) groups excluding carboxylic acids is 2. The summed E-state index contributed by atoms with van der Waals surface area (Å²) in [4.78, 5) is 34.2. The molecule has 2 aromatic carbocycles. The van der Waals surface area contributed by atoms with Crippen LogP contribution in [0.4, 0.5) is 4.79 Å². The number of nitrogens with one attached hydrogen (secondary N) is 2. The Hall–Kier alpha value is -3.79. The fraction of sp³-hybridized carbons (Fsp3) is 0.150. The maximum absolute atomic E-state index is 12.0. The molecule has 27 heavy (non-hydrogen) atoms. The number of hydrogen-bond acceptors (Lipinski definition) is 4. The van der Waals surface area contributed by atoms with Gasteiger partial charge in [-0.3, -0.25) is 9.59 Å². The molecule has 2 rings (SSSR count). The molecular weight excluding hydrogens is 348 g/mol. The zero-order valence-corrected chi connectivity index (χ0v) is 14.4. The van der Waals surface area contributed by atoms with Crippen LogP contribution in [0.5, 0.6) is 0 Å². The normalized spacial score (nSPS) is 9.48. The Morgan fingerprint density at radius 2 is 1.67 bits per heavy atom. The van der Waals surface area contributed by atoms with Crippen LogP contribution >= 0.6 is 0 Å². The van der Waals surface area contributed by atoms with Crippen LogP contribution in [-0.2, 0) is 16.1 Å². The van der Waals surface area contributed by atoms with E-state index in [0.717, 1.165) is 5.56 Å². The lowest BCUT2D eigenvalue weighted by Gasteiger charge is -2.05. The zero-order valence-electron chi connectivity index (χ0n) is 14.4. The largest absolute Gasteiger partial charge is 0.480 e. The average Bonchev–Trinajstić information content (AvgIpc) is 2.69. The first-order chi connectivity index (χ1) is 13.1. The van der Waals surface area contributed by atoms with Crippen LogP contribution < -0.4 is 10.6 Å². The summed E-state index contributed by atoms with van der Waals surface area (Å²) in [6.07, 6.45) is -0.597. The highest BCUT2D eigenvalue weighted by molar-refractivity contribution is 5.98. The molecule has 0 atom stereocenters. The Morgan fingerprint density at radius 1 is 0.963 bits per heavy atom. The lowest BCUT2D eigenvalue weighted by atomic mass is 10.1. The summed E-state index contributed by atoms with van der Waals surface area (Å²) in [5, 5.41) is 13.4. The molecule has 0 aliphatic carbocycles. The van der Waals surface area contributed by atoms with E-state index in [1.807, 2.05) is 30.3 Å². The average molecular weight is 366 g/mol. The van der Waals surface area contributed by atoms with Gasteiger partial charge in [-0.2, -0.15) is 0 Å². The number of benzene rings is 2. The molecule has 0 fully saturated rings. The number of amides is 2. The summed E-state index contributed by atoms with van der Waals surface area (Å²) < 4.78 is 5.06. The number of hydrogen-bond donors (Lipinski definition) is 3. The maximum atomic E-state index is 12.0. The van der Waals surface area contributed by atoms with Crippen LogP contribution in [0, 0.1) is 11.8 Å². The summed E-state index contributed by atoms with van der Waals surface area (Å²) in [5.41, 5.74) is 1.57. The van der Waals surface area contributed by atoms with Crippen LogP contribution in [0.2, 0.25) is 0 Å². The number of ether oxygens (including phenoxy) is 1. The van der Waals surface area contributed by atoms with E-state index in [9.17, 15) is 14.4 Å². The van der Waals surface area contributed by atoms with E-state index >= 15 is 0 Å². The van der Waals surface area contributed by atoms with Gasteiger partial charge in [0, 0.05) is 5.56 Å². The highest BCUT2D eigenvalue weighted by Crippen LogP contribution is 2.07. The van der Waals surface area contributed by atoms with Gasteiger partial charge in [0.05, 0.1) is 12.1 Å². The molecule has 2 amide bonds. The lowest BCUT2D eigenvalue weighted by molar-refractivity contribution is -0.135. The lowest BCUT2D eigenvalue weighted by Crippen LogP contribution is -2.29. The first-order valence-electron chi connectivity index (χ1n) is 8.08. The minimum atomic E-state index is -1.13. The standard InChI is InChI=1S/C20H18N2O5/c23-18(24)13-22-19(25)17-11-5-4-9-16(17)10-6-12-21-20(26)27-14-15-7-2-1-3-8-15/h1-5,7-9,11H,12-14H2,(H,21,26)(H,22,25)(H,23,24). The number of aliphatic carboxylic acids is 1. The third kappa shape index (κ3) is 6.92. The monoisotopic (exact) mass is 366 g/mol. The molecule has 0 spiro atoms. The van der Waals surface area contributed by atoms with Crippen LogP contribution in [0.1, 0.15) is 21.5 Å². The van der Waals surface area contributed by atoms with E-state index < -0.39 is 24.5 Å². The summed E-state index contributed by atoms with van der Waals surface area (Å²) in [6, 6.07) is 15.8. The van der Waals surface area contributed by atoms with E-state index in [1.54, 1.807) is 24.3 Å². The SMILES string of the molecule is O=C(O)CNC(=O)c1ccccc1C#CCNC(=O)OCc1ccccc1. The van der Waals surface area contributed by atoms with Crippen molar-refractivity contribution in [1.29, 1.82) is 0 Å². The quantitative estimate of drug-likeness (QED) is 0.676. The van der Waals surface area contributed by atoms with Crippen LogP contribution in [-0.4, -0.2) is 36.2 Å². The van der Waals surface area contributed by atoms with Crippen molar-refractivity contribution in [3.63, 3.8) is 0 Å². The molecule has 3 N–H and O–H groups in total. The molecule has 0 radical (unpaired) electrons. The smallest absolute Gasteiger partial charge is 0.408 e. The molecule has 0 aromatic heterocycles.